The molecule has 3 fully saturated rings. The molecule has 2 aliphatic carbocycles. The number of benzene rings is 1. The van der Waals surface area contributed by atoms with Crippen LogP contribution >= 0.6 is 11.3 Å². The molecule has 1 saturated carbocycles. The van der Waals surface area contributed by atoms with Crippen molar-refractivity contribution >= 4 is 39.4 Å². The number of carbonyl (C=O) groups is 2. The molecule has 4 aliphatic rings. The molecule has 3 aromatic rings. The van der Waals surface area contributed by atoms with E-state index in [0.29, 0.717) is 49.2 Å². The summed E-state index contributed by atoms with van der Waals surface area (Å²) in [4.78, 5) is 39.4. The number of fused-ring (bicyclic) bond motifs is 2. The van der Waals surface area contributed by atoms with Crippen LogP contribution in [0.3, 0.4) is 0 Å². The molecule has 2 amide bonds. The first-order chi connectivity index (χ1) is 21.6. The highest BCUT2D eigenvalue weighted by Crippen LogP contribution is 2.64. The van der Waals surface area contributed by atoms with Crippen LogP contribution in [0.1, 0.15) is 71.2 Å². The van der Waals surface area contributed by atoms with Gasteiger partial charge < -0.3 is 20.1 Å². The minimum Gasteiger partial charge on any atom is -0.447 e. The largest absolute Gasteiger partial charge is 0.447 e. The van der Waals surface area contributed by atoms with Crippen molar-refractivity contribution in [2.75, 3.05) is 37.7 Å². The van der Waals surface area contributed by atoms with Crippen LogP contribution in [0.25, 0.3) is 10.3 Å². The van der Waals surface area contributed by atoms with E-state index in [4.69, 9.17) is 9.72 Å². The zero-order chi connectivity index (χ0) is 31.3. The summed E-state index contributed by atoms with van der Waals surface area (Å²) < 4.78 is 46.5. The zero-order valence-corrected chi connectivity index (χ0v) is 25.6. The number of anilines is 1. The average Bonchev–Trinajstić information content (AvgIpc) is 3.59. The van der Waals surface area contributed by atoms with Gasteiger partial charge in [0.2, 0.25) is 0 Å². The number of pyridine rings is 1. The number of thiazole rings is 1. The number of nitrogens with zero attached hydrogens (tertiary/aromatic N) is 4. The van der Waals surface area contributed by atoms with Gasteiger partial charge in [0, 0.05) is 31.0 Å². The second-order valence-electron chi connectivity index (χ2n) is 12.8. The van der Waals surface area contributed by atoms with Gasteiger partial charge in [-0.25, -0.2) is 14.8 Å². The zero-order valence-electron chi connectivity index (χ0n) is 24.8. The fourth-order valence-corrected chi connectivity index (χ4v) is 7.99. The minimum absolute atomic E-state index is 0.196. The number of aliphatic hydroxyl groups excluding tert-OH is 1. The summed E-state index contributed by atoms with van der Waals surface area (Å²) in [6.45, 7) is 3.14. The predicted octanol–water partition coefficient (Wildman–Crippen LogP) is 5.41. The van der Waals surface area contributed by atoms with E-state index in [2.05, 4.69) is 15.2 Å². The van der Waals surface area contributed by atoms with Gasteiger partial charge >= 0.3 is 12.3 Å². The van der Waals surface area contributed by atoms with Gasteiger partial charge in [-0.15, -0.1) is 0 Å². The van der Waals surface area contributed by atoms with Crippen LogP contribution < -0.4 is 10.2 Å². The molecule has 7 rings (SSSR count). The molecule has 2 N–H and O–H groups in total. The summed E-state index contributed by atoms with van der Waals surface area (Å²) in [7, 11) is 0. The van der Waals surface area contributed by atoms with Crippen LogP contribution in [0, 0.1) is 11.3 Å². The maximum atomic E-state index is 13.8. The third-order valence-electron chi connectivity index (χ3n) is 10.0. The van der Waals surface area contributed by atoms with Gasteiger partial charge in [-0.05, 0) is 86.6 Å². The first kappa shape index (κ1) is 30.4. The Hall–Kier alpha value is -3.29. The SMILES string of the molecule is O=C(N[C@H](CCN1CCC(O)CC1)c1ccc(N2CCOC2=O)cc1)c1nc2cc3c(nc2s1)CC[C@H](C1(C(F)(F)F)CC1)C3. The van der Waals surface area contributed by atoms with E-state index in [1.165, 1.54) is 11.3 Å². The molecule has 13 heteroatoms. The van der Waals surface area contributed by atoms with E-state index in [9.17, 15) is 27.9 Å². The molecule has 1 aromatic carbocycles. The number of amides is 2. The molecule has 0 unspecified atom stereocenters. The number of alkyl halides is 3. The summed E-state index contributed by atoms with van der Waals surface area (Å²) in [5, 5.41) is 13.3. The van der Waals surface area contributed by atoms with Gasteiger partial charge in [-0.2, -0.15) is 13.2 Å². The second kappa shape index (κ2) is 11.8. The lowest BCUT2D eigenvalue weighted by Crippen LogP contribution is -2.38. The Kier molecular flexibility index (Phi) is 7.97. The first-order valence-corrected chi connectivity index (χ1v) is 16.5. The number of ether oxygens (including phenoxy) is 1. The van der Waals surface area contributed by atoms with Crippen LogP contribution in [-0.2, 0) is 17.6 Å². The van der Waals surface area contributed by atoms with E-state index in [-0.39, 0.29) is 42.0 Å². The summed E-state index contributed by atoms with van der Waals surface area (Å²) in [6, 6.07) is 9.00. The van der Waals surface area contributed by atoms with Gasteiger partial charge in [-0.1, -0.05) is 23.5 Å². The summed E-state index contributed by atoms with van der Waals surface area (Å²) in [5.41, 5.74) is 2.19. The molecule has 9 nitrogen and oxygen atoms in total. The Morgan fingerprint density at radius 2 is 1.89 bits per heavy atom. The summed E-state index contributed by atoms with van der Waals surface area (Å²) in [5.74, 6) is -0.786. The van der Waals surface area contributed by atoms with Crippen LogP contribution in [-0.4, -0.2) is 77.0 Å². The van der Waals surface area contributed by atoms with Gasteiger partial charge in [-0.3, -0.25) is 9.69 Å². The highest BCUT2D eigenvalue weighted by atomic mass is 32.1. The molecule has 0 bridgehead atoms. The molecule has 4 heterocycles. The van der Waals surface area contributed by atoms with E-state index in [1.54, 1.807) is 4.90 Å². The molecule has 45 heavy (non-hydrogen) atoms. The highest BCUT2D eigenvalue weighted by Gasteiger charge is 2.66. The van der Waals surface area contributed by atoms with Crippen molar-refractivity contribution < 1.29 is 32.6 Å². The topological polar surface area (TPSA) is 108 Å². The number of carbonyl (C=O) groups excluding carboxylic acids is 2. The number of hydrogen-bond donors (Lipinski definition) is 2. The lowest BCUT2D eigenvalue weighted by atomic mass is 9.76. The van der Waals surface area contributed by atoms with Gasteiger partial charge in [0.15, 0.2) is 5.01 Å². The minimum atomic E-state index is -4.19. The van der Waals surface area contributed by atoms with Crippen molar-refractivity contribution in [1.29, 1.82) is 0 Å². The smallest absolute Gasteiger partial charge is 0.414 e. The monoisotopic (exact) mass is 643 g/mol. The molecule has 2 aliphatic heterocycles. The molecule has 2 atom stereocenters. The molecule has 2 aromatic heterocycles. The van der Waals surface area contributed by atoms with Crippen molar-refractivity contribution in [2.45, 2.75) is 69.7 Å². The fourth-order valence-electron chi connectivity index (χ4n) is 7.15. The quantitative estimate of drug-likeness (QED) is 0.338. The van der Waals surface area contributed by atoms with E-state index in [1.807, 2.05) is 30.3 Å². The Morgan fingerprint density at radius 1 is 1.13 bits per heavy atom. The second-order valence-corrected chi connectivity index (χ2v) is 13.8. The van der Waals surface area contributed by atoms with E-state index in [0.717, 1.165) is 55.0 Å². The maximum Gasteiger partial charge on any atom is 0.414 e. The third-order valence-corrected chi connectivity index (χ3v) is 11.0. The van der Waals surface area contributed by atoms with Gasteiger partial charge in [0.05, 0.1) is 24.1 Å². The number of hydrogen-bond acceptors (Lipinski definition) is 8. The predicted molar refractivity (Wildman–Crippen MR) is 162 cm³/mol. The Bertz CT molecular complexity index is 1580. The van der Waals surface area contributed by atoms with Crippen LogP contribution in [0.4, 0.5) is 23.7 Å². The van der Waals surface area contributed by atoms with Crippen LogP contribution in [0.5, 0.6) is 0 Å². The van der Waals surface area contributed by atoms with Crippen molar-refractivity contribution in [2.24, 2.45) is 11.3 Å². The fraction of sp³-hybridized carbons (Fsp3) is 0.562. The number of likely N-dealkylation sites (tertiary alicyclic amines) is 1. The maximum absolute atomic E-state index is 13.8. The van der Waals surface area contributed by atoms with Crippen molar-refractivity contribution in [3.63, 3.8) is 0 Å². The molecular weight excluding hydrogens is 607 g/mol. The van der Waals surface area contributed by atoms with Gasteiger partial charge in [0.25, 0.3) is 5.91 Å². The molecule has 240 valence electrons. The lowest BCUT2D eigenvalue weighted by molar-refractivity contribution is -0.204. The number of rotatable bonds is 8. The van der Waals surface area contributed by atoms with Crippen molar-refractivity contribution in [1.82, 2.24) is 20.2 Å². The average molecular weight is 644 g/mol. The third kappa shape index (κ3) is 6.01. The normalized spacial score (nSPS) is 22.7. The number of aliphatic hydroxyl groups is 1. The number of aryl methyl sites for hydroxylation is 1. The van der Waals surface area contributed by atoms with Gasteiger partial charge in [0.1, 0.15) is 17.0 Å². The number of halogens is 3. The number of piperidine rings is 1. The molecule has 0 spiro atoms. The molecule has 0 radical (unpaired) electrons. The van der Waals surface area contributed by atoms with Crippen LogP contribution in [0.15, 0.2) is 30.3 Å². The number of nitrogens with one attached hydrogen (secondary N) is 1. The van der Waals surface area contributed by atoms with Crippen molar-refractivity contribution in [3.05, 3.63) is 52.2 Å². The van der Waals surface area contributed by atoms with Crippen LogP contribution in [0.2, 0.25) is 0 Å². The molecular formula is C32H36F3N5O4S. The van der Waals surface area contributed by atoms with E-state index < -0.39 is 17.5 Å². The van der Waals surface area contributed by atoms with Crippen molar-refractivity contribution in [3.8, 4) is 0 Å². The Balaban J connectivity index is 1.09. The molecule has 2 saturated heterocycles. The Morgan fingerprint density at radius 3 is 2.56 bits per heavy atom. The summed E-state index contributed by atoms with van der Waals surface area (Å²) in [6.07, 6.45) is -1.09. The summed E-state index contributed by atoms with van der Waals surface area (Å²) >= 11 is 1.19. The number of aromatic nitrogens is 2. The lowest BCUT2D eigenvalue weighted by Gasteiger charge is -2.32. The standard InChI is InChI=1S/C32H36F3N5O4S/c33-32(34,35)31(10-11-31)21-3-6-24-20(17-21)18-26-28(37-24)45-29(38-26)27(42)36-25(9-14-39-12-7-23(41)8-13-39)19-1-4-22(5-2-19)40-15-16-44-30(40)43/h1-2,4-5,18,21,23,25,41H,3,6-17H2,(H,36,42)/t21-,25+/m0/s1. The van der Waals surface area contributed by atoms with E-state index >= 15 is 0 Å². The highest BCUT2D eigenvalue weighted by molar-refractivity contribution is 7.19. The Labute approximate surface area is 262 Å². The first-order valence-electron chi connectivity index (χ1n) is 15.7. The number of cyclic esters (lactones) is 1.